The highest BCUT2D eigenvalue weighted by Gasteiger charge is 2.35. The van der Waals surface area contributed by atoms with Gasteiger partial charge in [0.05, 0.1) is 65.2 Å². The van der Waals surface area contributed by atoms with Crippen LogP contribution in [0.1, 0.15) is 119 Å². The Hall–Kier alpha value is -5.46. The summed E-state index contributed by atoms with van der Waals surface area (Å²) >= 11 is 1.34. The van der Waals surface area contributed by atoms with E-state index < -0.39 is 53.7 Å². The van der Waals surface area contributed by atoms with Crippen LogP contribution in [0.2, 0.25) is 0 Å². The maximum absolute atomic E-state index is 13.8. The number of nitrogens with two attached hydrogens (primary N) is 1. The minimum absolute atomic E-state index is 0.0309. The van der Waals surface area contributed by atoms with Crippen molar-refractivity contribution in [2.75, 3.05) is 85.6 Å². The Balaban J connectivity index is 1.42. The lowest BCUT2D eigenvalue weighted by Gasteiger charge is -2.37. The quantitative estimate of drug-likeness (QED) is 0.0376. The number of nitrogens with zero attached hydrogens (tertiary/aromatic N) is 2. The zero-order valence-corrected chi connectivity index (χ0v) is 43.0. The predicted molar refractivity (Wildman–Crippen MR) is 264 cm³/mol. The average molecular weight is 1020 g/mol. The van der Waals surface area contributed by atoms with E-state index >= 15 is 0 Å². The van der Waals surface area contributed by atoms with Crippen molar-refractivity contribution in [2.24, 2.45) is 17.6 Å². The van der Waals surface area contributed by atoms with Crippen LogP contribution in [0.3, 0.4) is 0 Å². The van der Waals surface area contributed by atoms with Crippen molar-refractivity contribution in [3.63, 3.8) is 0 Å². The second kappa shape index (κ2) is 33.2. The summed E-state index contributed by atoms with van der Waals surface area (Å²) in [5, 5.41) is 22.9. The molecule has 1 heterocycles. The number of thiazole rings is 1. The van der Waals surface area contributed by atoms with Crippen LogP contribution in [0.5, 0.6) is 5.75 Å². The first-order valence-corrected chi connectivity index (χ1v) is 25.4. The SMILES string of the molecule is CCCO[C@H](CC(C(C)C)N(CCC)C(=O)C[C@@H](C)CC)c1nc(C(=O)N[C@H]2Cc3ccc(O)cc3[C@H](C(=O)NNC(=O)OCCOCCOCCOCCNC(=O)CNC(=O)CNC(=O)CN)C2)cs1. The van der Waals surface area contributed by atoms with Crippen molar-refractivity contribution in [3.8, 4) is 5.75 Å². The van der Waals surface area contributed by atoms with E-state index in [0.29, 0.717) is 43.0 Å². The third kappa shape index (κ3) is 22.2. The van der Waals surface area contributed by atoms with Gasteiger partial charge in [-0.3, -0.25) is 34.2 Å². The van der Waals surface area contributed by atoms with Gasteiger partial charge in [0.1, 0.15) is 29.2 Å². The molecule has 398 valence electrons. The maximum atomic E-state index is 13.8. The van der Waals surface area contributed by atoms with Gasteiger partial charge in [0, 0.05) is 50.0 Å². The zero-order chi connectivity index (χ0) is 52.1. The first-order chi connectivity index (χ1) is 34.1. The lowest BCUT2D eigenvalue weighted by Crippen LogP contribution is -2.48. The average Bonchev–Trinajstić information content (AvgIpc) is 3.85. The van der Waals surface area contributed by atoms with Crippen molar-refractivity contribution in [2.45, 2.75) is 111 Å². The van der Waals surface area contributed by atoms with Crippen LogP contribution in [0.15, 0.2) is 23.6 Å². The number of nitrogens with one attached hydrogen (secondary N) is 6. The third-order valence-corrected chi connectivity index (χ3v) is 12.4. The van der Waals surface area contributed by atoms with Crippen LogP contribution in [-0.2, 0) is 54.1 Å². The maximum Gasteiger partial charge on any atom is 0.426 e. The number of ether oxygens (including phenoxy) is 5. The molecule has 23 heteroatoms. The van der Waals surface area contributed by atoms with Gasteiger partial charge in [0.25, 0.3) is 5.91 Å². The predicted octanol–water partition coefficient (Wildman–Crippen LogP) is 2.35. The van der Waals surface area contributed by atoms with Gasteiger partial charge in [-0.15, -0.1) is 11.3 Å². The summed E-state index contributed by atoms with van der Waals surface area (Å²) in [5.74, 6) is -2.71. The molecular formula is C48H77N9O13S. The third-order valence-electron chi connectivity index (χ3n) is 11.5. The van der Waals surface area contributed by atoms with Crippen LogP contribution >= 0.6 is 11.3 Å². The molecule has 3 rings (SSSR count). The van der Waals surface area contributed by atoms with Crippen molar-refractivity contribution in [1.29, 1.82) is 0 Å². The van der Waals surface area contributed by atoms with Crippen LogP contribution in [0.4, 0.5) is 4.79 Å². The Morgan fingerprint density at radius 3 is 2.15 bits per heavy atom. The number of carbonyl (C=O) groups excluding carboxylic acids is 7. The zero-order valence-electron chi connectivity index (χ0n) is 42.1. The number of hydrazine groups is 1. The molecule has 0 fully saturated rings. The number of rotatable bonds is 33. The Labute approximate surface area is 420 Å². The first-order valence-electron chi connectivity index (χ1n) is 24.5. The molecule has 0 saturated heterocycles. The van der Waals surface area contributed by atoms with E-state index in [1.165, 1.54) is 23.5 Å². The summed E-state index contributed by atoms with van der Waals surface area (Å²) in [6.07, 6.45) is 2.77. The Morgan fingerprint density at radius 2 is 1.51 bits per heavy atom. The monoisotopic (exact) mass is 1020 g/mol. The fourth-order valence-corrected chi connectivity index (χ4v) is 8.41. The highest BCUT2D eigenvalue weighted by atomic mass is 32.1. The number of aromatic nitrogens is 1. The number of aromatic hydroxyl groups is 1. The number of amides is 7. The van der Waals surface area contributed by atoms with E-state index in [0.717, 1.165) is 24.8 Å². The summed E-state index contributed by atoms with van der Waals surface area (Å²) in [6, 6.07) is 4.15. The molecule has 7 amide bonds. The first kappa shape index (κ1) is 59.8. The molecule has 9 N–H and O–H groups in total. The number of benzene rings is 1. The standard InChI is InChI=1S/C48H77N9O13S/c1-7-13-57(44(62)22-32(6)9-3)39(31(4)5)26-40(69-14-8-2)47-54-38(30-71-47)46(64)53-34-23-33-10-11-35(58)25-36(33)37(24-34)45(63)55-56-48(65)70-21-20-68-19-18-67-17-16-66-15-12-50-42(60)28-52-43(61)29-51-41(59)27-49/h10-11,25,30-32,34,37,39-40,58H,7-9,12-24,26-29,49H2,1-6H3,(H,50,60)(H,51,59)(H,52,61)(H,53,64)(H,55,63)(H,56,65)/t32-,34-,37+,39?,40+/m0/s1. The summed E-state index contributed by atoms with van der Waals surface area (Å²) in [4.78, 5) is 94.6. The topological polar surface area (TPSA) is 300 Å². The number of hydrogen-bond donors (Lipinski definition) is 8. The summed E-state index contributed by atoms with van der Waals surface area (Å²) in [5.41, 5.74) is 11.3. The van der Waals surface area contributed by atoms with Gasteiger partial charge < -0.3 is 60.7 Å². The van der Waals surface area contributed by atoms with E-state index in [2.05, 4.69) is 66.7 Å². The van der Waals surface area contributed by atoms with Gasteiger partial charge in [-0.05, 0) is 60.8 Å². The molecule has 0 saturated carbocycles. The minimum atomic E-state index is -0.919. The van der Waals surface area contributed by atoms with Crippen LogP contribution in [-0.4, -0.2) is 154 Å². The molecule has 1 aromatic heterocycles. The largest absolute Gasteiger partial charge is 0.508 e. The molecule has 1 aliphatic carbocycles. The lowest BCUT2D eigenvalue weighted by molar-refractivity contribution is -0.136. The van der Waals surface area contributed by atoms with Gasteiger partial charge in [-0.1, -0.05) is 54.0 Å². The van der Waals surface area contributed by atoms with Crippen molar-refractivity contribution in [3.05, 3.63) is 45.4 Å². The molecule has 5 atom stereocenters. The van der Waals surface area contributed by atoms with Gasteiger partial charge in [-0.2, -0.15) is 0 Å². The molecule has 0 spiro atoms. The van der Waals surface area contributed by atoms with Gasteiger partial charge in [-0.25, -0.2) is 15.2 Å². The second-order valence-corrected chi connectivity index (χ2v) is 18.4. The number of carbonyl (C=O) groups is 7. The molecule has 1 unspecified atom stereocenters. The summed E-state index contributed by atoms with van der Waals surface area (Å²) in [6.45, 7) is 14.2. The van der Waals surface area contributed by atoms with E-state index in [9.17, 15) is 38.7 Å². The van der Waals surface area contributed by atoms with E-state index in [1.54, 1.807) is 11.4 Å². The highest BCUT2D eigenvalue weighted by Crippen LogP contribution is 2.35. The second-order valence-electron chi connectivity index (χ2n) is 17.5. The molecule has 1 aliphatic rings. The Morgan fingerprint density at radius 1 is 0.845 bits per heavy atom. The van der Waals surface area contributed by atoms with Crippen LogP contribution < -0.4 is 37.9 Å². The number of phenolic OH excluding ortho intramolecular Hbond substituents is 1. The number of phenols is 1. The fraction of sp³-hybridized carbons (Fsp3) is 0.667. The molecule has 0 bridgehead atoms. The van der Waals surface area contributed by atoms with Gasteiger partial charge >= 0.3 is 6.09 Å². The number of hydrogen-bond acceptors (Lipinski definition) is 16. The van der Waals surface area contributed by atoms with Crippen LogP contribution in [0.25, 0.3) is 0 Å². The molecule has 1 aromatic carbocycles. The summed E-state index contributed by atoms with van der Waals surface area (Å²) in [7, 11) is 0. The lowest BCUT2D eigenvalue weighted by atomic mass is 9.79. The highest BCUT2D eigenvalue weighted by molar-refractivity contribution is 7.09. The summed E-state index contributed by atoms with van der Waals surface area (Å²) < 4.78 is 27.7. The minimum Gasteiger partial charge on any atom is -0.508 e. The Bertz CT molecular complexity index is 1990. The molecule has 22 nitrogen and oxygen atoms in total. The van der Waals surface area contributed by atoms with Crippen molar-refractivity contribution in [1.82, 2.24) is 42.0 Å². The molecule has 71 heavy (non-hydrogen) atoms. The fourth-order valence-electron chi connectivity index (χ4n) is 7.55. The molecule has 0 radical (unpaired) electrons. The molecule has 2 aromatic rings. The van der Waals surface area contributed by atoms with Crippen molar-refractivity contribution < 1.29 is 62.4 Å². The normalized spacial score (nSPS) is 15.4. The molecular weight excluding hydrogens is 943 g/mol. The van der Waals surface area contributed by atoms with E-state index in [1.807, 2.05) is 11.8 Å². The number of fused-ring (bicyclic) bond motifs is 1. The smallest absolute Gasteiger partial charge is 0.426 e. The van der Waals surface area contributed by atoms with Gasteiger partial charge in [0.2, 0.25) is 29.5 Å². The Kier molecular flexibility index (Phi) is 28.0. The molecule has 0 aliphatic heterocycles. The van der Waals surface area contributed by atoms with E-state index in [-0.39, 0.29) is 114 Å². The van der Waals surface area contributed by atoms with E-state index in [4.69, 9.17) is 34.4 Å². The van der Waals surface area contributed by atoms with Crippen LogP contribution in [0, 0.1) is 11.8 Å². The van der Waals surface area contributed by atoms with Crippen molar-refractivity contribution >= 4 is 52.9 Å². The van der Waals surface area contributed by atoms with Gasteiger partial charge in [0.15, 0.2) is 0 Å².